The topological polar surface area (TPSA) is 78.9 Å². The van der Waals surface area contributed by atoms with Gasteiger partial charge < -0.3 is 20.1 Å². The zero-order valence-electron chi connectivity index (χ0n) is 18.1. The number of benzene rings is 1. The molecule has 1 aromatic rings. The van der Waals surface area contributed by atoms with Gasteiger partial charge in [0.1, 0.15) is 0 Å². The summed E-state index contributed by atoms with van der Waals surface area (Å²) in [4.78, 5) is 23.7. The zero-order valence-corrected chi connectivity index (χ0v) is 18.1. The van der Waals surface area contributed by atoms with E-state index < -0.39 is 12.1 Å². The molecule has 1 unspecified atom stereocenters. The number of amides is 1. The Kier molecular flexibility index (Phi) is 8.16. The normalized spacial score (nSPS) is 23.2. The molecule has 1 amide bonds. The van der Waals surface area contributed by atoms with Crippen molar-refractivity contribution in [3.63, 3.8) is 0 Å². The standard InChI is InChI=1S/C21H30N2O2.C2HF3O2/c24-20(18-6-7-18)22-19-16-25-15-11-21(19)9-13-23(14-10-21)12-8-17-4-2-1-3-5-17;3-2(4,5)1(6)7/h1-5,18-19H,6-16H2,(H,22,24);(H,6,7). The van der Waals surface area contributed by atoms with Crippen LogP contribution in [0.2, 0.25) is 0 Å². The number of carboxylic acid groups (broad SMARTS) is 1. The summed E-state index contributed by atoms with van der Waals surface area (Å²) in [6.07, 6.45) is 1.63. The van der Waals surface area contributed by atoms with Crippen molar-refractivity contribution in [3.8, 4) is 0 Å². The lowest BCUT2D eigenvalue weighted by molar-refractivity contribution is -0.192. The number of carbonyl (C=O) groups is 2. The van der Waals surface area contributed by atoms with Crippen molar-refractivity contribution in [3.05, 3.63) is 35.9 Å². The summed E-state index contributed by atoms with van der Waals surface area (Å²) >= 11 is 0. The van der Waals surface area contributed by atoms with Gasteiger partial charge in [0.15, 0.2) is 0 Å². The molecule has 1 atom stereocenters. The van der Waals surface area contributed by atoms with Gasteiger partial charge in [-0.15, -0.1) is 0 Å². The van der Waals surface area contributed by atoms with Gasteiger partial charge >= 0.3 is 12.1 Å². The Morgan fingerprint density at radius 2 is 1.75 bits per heavy atom. The van der Waals surface area contributed by atoms with Crippen molar-refractivity contribution in [1.29, 1.82) is 0 Å². The number of ether oxygens (including phenoxy) is 1. The second-order valence-corrected chi connectivity index (χ2v) is 8.90. The highest BCUT2D eigenvalue weighted by molar-refractivity contribution is 5.81. The Morgan fingerprint density at radius 3 is 2.31 bits per heavy atom. The first-order valence-electron chi connectivity index (χ1n) is 11.1. The lowest BCUT2D eigenvalue weighted by atomic mass is 9.69. The molecule has 9 heteroatoms. The summed E-state index contributed by atoms with van der Waals surface area (Å²) in [5.74, 6) is -2.21. The summed E-state index contributed by atoms with van der Waals surface area (Å²) in [5, 5.41) is 10.5. The van der Waals surface area contributed by atoms with Crippen LogP contribution in [0.15, 0.2) is 30.3 Å². The number of aliphatic carboxylic acids is 1. The van der Waals surface area contributed by atoms with Crippen LogP contribution in [0.1, 0.15) is 37.7 Å². The van der Waals surface area contributed by atoms with E-state index in [-0.39, 0.29) is 23.3 Å². The minimum absolute atomic E-state index is 0.214. The van der Waals surface area contributed by atoms with E-state index in [9.17, 15) is 18.0 Å². The molecule has 2 N–H and O–H groups in total. The van der Waals surface area contributed by atoms with E-state index in [2.05, 4.69) is 40.5 Å². The predicted molar refractivity (Wildman–Crippen MR) is 112 cm³/mol. The number of halogens is 3. The Morgan fingerprint density at radius 1 is 1.12 bits per heavy atom. The van der Waals surface area contributed by atoms with Gasteiger partial charge in [-0.2, -0.15) is 13.2 Å². The largest absolute Gasteiger partial charge is 0.490 e. The van der Waals surface area contributed by atoms with Gasteiger partial charge in [0.05, 0.1) is 12.6 Å². The third kappa shape index (κ3) is 6.93. The fourth-order valence-electron chi connectivity index (χ4n) is 4.41. The van der Waals surface area contributed by atoms with E-state index in [4.69, 9.17) is 14.6 Å². The molecule has 1 saturated carbocycles. The van der Waals surface area contributed by atoms with Gasteiger partial charge in [-0.3, -0.25) is 4.79 Å². The monoisotopic (exact) mass is 456 g/mol. The van der Waals surface area contributed by atoms with Crippen molar-refractivity contribution in [2.75, 3.05) is 32.8 Å². The summed E-state index contributed by atoms with van der Waals surface area (Å²) < 4.78 is 37.5. The lowest BCUT2D eigenvalue weighted by Gasteiger charge is -2.49. The number of piperidine rings is 1. The van der Waals surface area contributed by atoms with Crippen LogP contribution in [0.3, 0.4) is 0 Å². The molecule has 1 aliphatic carbocycles. The Bertz CT molecular complexity index is 760. The first-order chi connectivity index (χ1) is 15.2. The van der Waals surface area contributed by atoms with Gasteiger partial charge in [0.2, 0.25) is 5.91 Å². The molecule has 0 radical (unpaired) electrons. The number of hydrogen-bond donors (Lipinski definition) is 2. The second-order valence-electron chi connectivity index (χ2n) is 8.90. The minimum Gasteiger partial charge on any atom is -0.475 e. The van der Waals surface area contributed by atoms with Crippen LogP contribution in [0.4, 0.5) is 13.2 Å². The molecule has 2 aliphatic heterocycles. The van der Waals surface area contributed by atoms with Crippen LogP contribution in [0, 0.1) is 11.3 Å². The van der Waals surface area contributed by atoms with Crippen LogP contribution < -0.4 is 5.32 Å². The molecule has 3 fully saturated rings. The SMILES string of the molecule is O=C(NC1COCCC12CCN(CCc1ccccc1)CC2)C1CC1.O=C(O)C(F)(F)F. The number of nitrogens with one attached hydrogen (secondary N) is 1. The second kappa shape index (κ2) is 10.7. The number of rotatable bonds is 5. The lowest BCUT2D eigenvalue weighted by Crippen LogP contribution is -2.57. The summed E-state index contributed by atoms with van der Waals surface area (Å²) in [5.41, 5.74) is 1.68. The molecular weight excluding hydrogens is 425 g/mol. The third-order valence-electron chi connectivity index (χ3n) is 6.69. The fraction of sp³-hybridized carbons (Fsp3) is 0.652. The van der Waals surface area contributed by atoms with Crippen LogP contribution >= 0.6 is 0 Å². The van der Waals surface area contributed by atoms with Crippen LogP contribution in [0.25, 0.3) is 0 Å². The summed E-state index contributed by atoms with van der Waals surface area (Å²) in [7, 11) is 0. The molecule has 1 spiro atoms. The number of alkyl halides is 3. The first-order valence-corrected chi connectivity index (χ1v) is 11.1. The highest BCUT2D eigenvalue weighted by atomic mass is 19.4. The highest BCUT2D eigenvalue weighted by Gasteiger charge is 2.45. The van der Waals surface area contributed by atoms with Crippen LogP contribution in [-0.4, -0.2) is 66.9 Å². The molecular formula is C23H31F3N2O4. The summed E-state index contributed by atoms with van der Waals surface area (Å²) in [6.45, 7) is 4.96. The molecule has 2 saturated heterocycles. The Labute approximate surface area is 186 Å². The molecule has 32 heavy (non-hydrogen) atoms. The number of hydrogen-bond acceptors (Lipinski definition) is 4. The number of carbonyl (C=O) groups excluding carboxylic acids is 1. The number of likely N-dealkylation sites (tertiary alicyclic amines) is 1. The Hall–Kier alpha value is -2.13. The van der Waals surface area contributed by atoms with E-state index in [1.54, 1.807) is 0 Å². The van der Waals surface area contributed by atoms with Gasteiger partial charge in [-0.25, -0.2) is 4.79 Å². The number of carboxylic acids is 1. The van der Waals surface area contributed by atoms with Gasteiger partial charge in [-0.05, 0) is 62.6 Å². The van der Waals surface area contributed by atoms with E-state index >= 15 is 0 Å². The van der Waals surface area contributed by atoms with Gasteiger partial charge in [-0.1, -0.05) is 30.3 Å². The molecule has 2 heterocycles. The quantitative estimate of drug-likeness (QED) is 0.711. The maximum absolute atomic E-state index is 12.2. The zero-order chi connectivity index (χ0) is 23.2. The molecule has 0 aromatic heterocycles. The van der Waals surface area contributed by atoms with Crippen molar-refractivity contribution in [1.82, 2.24) is 10.2 Å². The van der Waals surface area contributed by atoms with Gasteiger partial charge in [0, 0.05) is 19.1 Å². The van der Waals surface area contributed by atoms with Crippen molar-refractivity contribution < 1.29 is 32.6 Å². The Balaban J connectivity index is 0.000000360. The fourth-order valence-corrected chi connectivity index (χ4v) is 4.41. The third-order valence-corrected chi connectivity index (χ3v) is 6.69. The van der Waals surface area contributed by atoms with Gasteiger partial charge in [0.25, 0.3) is 0 Å². The minimum atomic E-state index is -5.08. The van der Waals surface area contributed by atoms with Crippen molar-refractivity contribution >= 4 is 11.9 Å². The molecule has 178 valence electrons. The van der Waals surface area contributed by atoms with E-state index in [0.717, 1.165) is 51.9 Å². The van der Waals surface area contributed by atoms with Crippen molar-refractivity contribution in [2.45, 2.75) is 50.7 Å². The molecule has 1 aromatic carbocycles. The van der Waals surface area contributed by atoms with E-state index in [0.29, 0.717) is 6.61 Å². The average Bonchev–Trinajstić information content (AvgIpc) is 3.61. The maximum atomic E-state index is 12.2. The highest BCUT2D eigenvalue weighted by Crippen LogP contribution is 2.41. The summed E-state index contributed by atoms with van der Waals surface area (Å²) in [6, 6.07) is 11.0. The predicted octanol–water partition coefficient (Wildman–Crippen LogP) is 3.26. The van der Waals surface area contributed by atoms with Crippen LogP contribution in [0.5, 0.6) is 0 Å². The smallest absolute Gasteiger partial charge is 0.475 e. The average molecular weight is 457 g/mol. The molecule has 4 rings (SSSR count). The number of nitrogens with zero attached hydrogens (tertiary/aromatic N) is 1. The van der Waals surface area contributed by atoms with Crippen LogP contribution in [-0.2, 0) is 20.7 Å². The first kappa shape index (κ1) is 24.5. The molecule has 6 nitrogen and oxygen atoms in total. The van der Waals surface area contributed by atoms with E-state index in [1.807, 2.05) is 0 Å². The van der Waals surface area contributed by atoms with E-state index in [1.165, 1.54) is 18.4 Å². The maximum Gasteiger partial charge on any atom is 0.490 e. The molecule has 0 bridgehead atoms. The molecule has 3 aliphatic rings. The van der Waals surface area contributed by atoms with Crippen molar-refractivity contribution in [2.24, 2.45) is 11.3 Å².